The van der Waals surface area contributed by atoms with Crippen LogP contribution in [0.1, 0.15) is 20.8 Å². The molecule has 0 spiro atoms. The normalized spacial score (nSPS) is 20.8. The fraction of sp³-hybridized carbons (Fsp3) is 0.667. The van der Waals surface area contributed by atoms with Crippen LogP contribution in [-0.4, -0.2) is 42.5 Å². The first kappa shape index (κ1) is 11.3. The van der Waals surface area contributed by atoms with Crippen molar-refractivity contribution < 1.29 is 0 Å². The van der Waals surface area contributed by atoms with Crippen LogP contribution >= 0.6 is 0 Å². The lowest BCUT2D eigenvalue weighted by atomic mass is 10.2. The third-order valence-corrected chi connectivity index (χ3v) is 2.82. The Hall–Kier alpha value is -0.760. The van der Waals surface area contributed by atoms with Crippen molar-refractivity contribution in [1.29, 1.82) is 0 Å². The van der Waals surface area contributed by atoms with Crippen LogP contribution in [0.2, 0.25) is 0 Å². The summed E-state index contributed by atoms with van der Waals surface area (Å²) in [5.74, 6) is 0. The van der Waals surface area contributed by atoms with Crippen LogP contribution in [0.3, 0.4) is 0 Å². The molecule has 1 heterocycles. The molecule has 0 atom stereocenters. The summed E-state index contributed by atoms with van der Waals surface area (Å²) >= 11 is 0. The Bertz CT molecular complexity index is 210. The summed E-state index contributed by atoms with van der Waals surface area (Å²) in [4.78, 5) is 4.96. The van der Waals surface area contributed by atoms with Gasteiger partial charge in [-0.2, -0.15) is 0 Å². The van der Waals surface area contributed by atoms with Crippen molar-refractivity contribution in [2.75, 3.05) is 32.7 Å². The van der Waals surface area contributed by atoms with Crippen LogP contribution in [0.5, 0.6) is 0 Å². The molecule has 80 valence electrons. The molecule has 0 aromatic rings. The van der Waals surface area contributed by atoms with E-state index in [1.165, 1.54) is 25.3 Å². The molecule has 1 fully saturated rings. The van der Waals surface area contributed by atoms with Gasteiger partial charge in [0, 0.05) is 31.9 Å². The Labute approximate surface area is 87.9 Å². The van der Waals surface area contributed by atoms with Crippen LogP contribution in [0.15, 0.2) is 23.9 Å². The van der Waals surface area contributed by atoms with E-state index in [0.717, 1.165) is 13.1 Å². The van der Waals surface area contributed by atoms with Crippen molar-refractivity contribution in [3.8, 4) is 0 Å². The monoisotopic (exact) mass is 194 g/mol. The summed E-state index contributed by atoms with van der Waals surface area (Å²) in [6, 6.07) is 0. The van der Waals surface area contributed by atoms with Gasteiger partial charge in [0.05, 0.1) is 0 Å². The van der Waals surface area contributed by atoms with Gasteiger partial charge in [0.1, 0.15) is 0 Å². The van der Waals surface area contributed by atoms with E-state index in [1.54, 1.807) is 0 Å². The molecule has 2 nitrogen and oxygen atoms in total. The second-order valence-electron chi connectivity index (χ2n) is 3.63. The number of hydrogen-bond donors (Lipinski definition) is 0. The zero-order chi connectivity index (χ0) is 10.4. The third kappa shape index (κ3) is 2.88. The number of nitrogens with zero attached hydrogens (tertiary/aromatic N) is 2. The molecule has 0 bridgehead atoms. The van der Waals surface area contributed by atoms with Gasteiger partial charge in [0.2, 0.25) is 0 Å². The highest BCUT2D eigenvalue weighted by Crippen LogP contribution is 2.10. The second-order valence-corrected chi connectivity index (χ2v) is 3.63. The standard InChI is InChI=1S/C12H22N2/c1-4-7-12(5-2)14-10-8-13(6-3)9-11-14/h4-5,7H,6,8-11H2,1-3H3/b7-4-,12-5+. The van der Waals surface area contributed by atoms with Gasteiger partial charge in [-0.1, -0.05) is 19.1 Å². The average Bonchev–Trinajstić information content (AvgIpc) is 2.26. The van der Waals surface area contributed by atoms with Crippen LogP contribution in [0, 0.1) is 0 Å². The summed E-state index contributed by atoms with van der Waals surface area (Å²) in [6.07, 6.45) is 6.50. The molecule has 1 aliphatic heterocycles. The summed E-state index contributed by atoms with van der Waals surface area (Å²) in [7, 11) is 0. The number of hydrogen-bond acceptors (Lipinski definition) is 2. The first-order chi connectivity index (χ1) is 6.81. The molecule has 0 radical (unpaired) electrons. The molecule has 0 saturated carbocycles. The van der Waals surface area contributed by atoms with E-state index in [2.05, 4.69) is 48.8 Å². The lowest BCUT2D eigenvalue weighted by molar-refractivity contribution is 0.168. The number of rotatable bonds is 3. The minimum atomic E-state index is 1.16. The number of likely N-dealkylation sites (N-methyl/N-ethyl adjacent to an activating group) is 1. The zero-order valence-electron chi connectivity index (χ0n) is 9.66. The molecule has 14 heavy (non-hydrogen) atoms. The van der Waals surface area contributed by atoms with E-state index < -0.39 is 0 Å². The number of piperazine rings is 1. The minimum absolute atomic E-state index is 1.16. The predicted octanol–water partition coefficient (Wildman–Crippen LogP) is 2.10. The van der Waals surface area contributed by atoms with Crippen LogP contribution in [-0.2, 0) is 0 Å². The fourth-order valence-electron chi connectivity index (χ4n) is 1.88. The molecule has 0 aliphatic carbocycles. The molecule has 0 amide bonds. The highest BCUT2D eigenvalue weighted by molar-refractivity contribution is 5.16. The van der Waals surface area contributed by atoms with Crippen molar-refractivity contribution >= 4 is 0 Å². The molecule has 1 saturated heterocycles. The molecule has 0 N–H and O–H groups in total. The minimum Gasteiger partial charge on any atom is -0.369 e. The molecule has 0 unspecified atom stereocenters. The molecule has 2 heteroatoms. The summed E-state index contributed by atoms with van der Waals surface area (Å²) in [6.45, 7) is 12.3. The Morgan fingerprint density at radius 1 is 1.14 bits per heavy atom. The van der Waals surface area contributed by atoms with Crippen LogP contribution in [0.4, 0.5) is 0 Å². The molecule has 0 aromatic carbocycles. The second kappa shape index (κ2) is 5.86. The van der Waals surface area contributed by atoms with Crippen molar-refractivity contribution in [3.05, 3.63) is 23.9 Å². The first-order valence-corrected chi connectivity index (χ1v) is 5.58. The van der Waals surface area contributed by atoms with Gasteiger partial charge in [-0.3, -0.25) is 0 Å². The Morgan fingerprint density at radius 3 is 2.21 bits per heavy atom. The predicted molar refractivity (Wildman–Crippen MR) is 62.3 cm³/mol. The topological polar surface area (TPSA) is 6.48 Å². The van der Waals surface area contributed by atoms with Gasteiger partial charge in [0.25, 0.3) is 0 Å². The van der Waals surface area contributed by atoms with Crippen molar-refractivity contribution in [2.24, 2.45) is 0 Å². The maximum absolute atomic E-state index is 2.50. The van der Waals surface area contributed by atoms with Gasteiger partial charge in [-0.05, 0) is 26.5 Å². The Morgan fingerprint density at radius 2 is 1.79 bits per heavy atom. The quantitative estimate of drug-likeness (QED) is 0.635. The highest BCUT2D eigenvalue weighted by Gasteiger charge is 2.15. The van der Waals surface area contributed by atoms with E-state index in [9.17, 15) is 0 Å². The fourth-order valence-corrected chi connectivity index (χ4v) is 1.88. The van der Waals surface area contributed by atoms with Crippen molar-refractivity contribution in [1.82, 2.24) is 9.80 Å². The van der Waals surface area contributed by atoms with E-state index in [0.29, 0.717) is 0 Å². The average molecular weight is 194 g/mol. The smallest absolute Gasteiger partial charge is 0.0320 e. The van der Waals surface area contributed by atoms with Gasteiger partial charge >= 0.3 is 0 Å². The van der Waals surface area contributed by atoms with E-state index in [4.69, 9.17) is 0 Å². The van der Waals surface area contributed by atoms with Gasteiger partial charge in [-0.25, -0.2) is 0 Å². The molecule has 1 aliphatic rings. The third-order valence-electron chi connectivity index (χ3n) is 2.82. The van der Waals surface area contributed by atoms with E-state index in [-0.39, 0.29) is 0 Å². The van der Waals surface area contributed by atoms with Gasteiger partial charge < -0.3 is 9.80 Å². The molecular weight excluding hydrogens is 172 g/mol. The number of allylic oxidation sites excluding steroid dienone is 3. The van der Waals surface area contributed by atoms with Crippen molar-refractivity contribution in [3.63, 3.8) is 0 Å². The molecule has 0 aromatic heterocycles. The molecular formula is C12H22N2. The first-order valence-electron chi connectivity index (χ1n) is 5.58. The van der Waals surface area contributed by atoms with Crippen LogP contribution < -0.4 is 0 Å². The highest BCUT2D eigenvalue weighted by atomic mass is 15.3. The summed E-state index contributed by atoms with van der Waals surface area (Å²) in [5, 5.41) is 0. The van der Waals surface area contributed by atoms with E-state index in [1.807, 2.05) is 0 Å². The maximum atomic E-state index is 2.50. The maximum Gasteiger partial charge on any atom is 0.0320 e. The lowest BCUT2D eigenvalue weighted by Gasteiger charge is -2.36. The lowest BCUT2D eigenvalue weighted by Crippen LogP contribution is -2.45. The molecule has 1 rings (SSSR count). The summed E-state index contributed by atoms with van der Waals surface area (Å²) in [5.41, 5.74) is 1.36. The van der Waals surface area contributed by atoms with Crippen molar-refractivity contribution in [2.45, 2.75) is 20.8 Å². The SMILES string of the molecule is C/C=C\C(=C/C)N1CCN(CC)CC1. The Kier molecular flexibility index (Phi) is 4.74. The zero-order valence-corrected chi connectivity index (χ0v) is 9.66. The van der Waals surface area contributed by atoms with Gasteiger partial charge in [-0.15, -0.1) is 0 Å². The largest absolute Gasteiger partial charge is 0.369 e. The Balaban J connectivity index is 2.48. The summed E-state index contributed by atoms with van der Waals surface area (Å²) < 4.78 is 0. The van der Waals surface area contributed by atoms with E-state index >= 15 is 0 Å². The van der Waals surface area contributed by atoms with Crippen LogP contribution in [0.25, 0.3) is 0 Å². The van der Waals surface area contributed by atoms with Gasteiger partial charge in [0.15, 0.2) is 0 Å².